The van der Waals surface area contributed by atoms with Gasteiger partial charge in [0.15, 0.2) is 0 Å². The summed E-state index contributed by atoms with van der Waals surface area (Å²) in [6.45, 7) is 11.8. The monoisotopic (exact) mass is 288 g/mol. The number of nitrogens with zero attached hydrogens (tertiary/aromatic N) is 2. The van der Waals surface area contributed by atoms with Crippen LogP contribution in [0.1, 0.15) is 48.0 Å². The standard InChI is InChI=1S/C13H24N2O3S/c1-12(2,3)18-11(16)15-8-7-10(15)9-14-19(17)13(4,5)6/h9-10H,7-8H2,1-6H3/b14-9+/t10-,19?/m0/s1. The van der Waals surface area contributed by atoms with E-state index in [4.69, 9.17) is 4.74 Å². The van der Waals surface area contributed by atoms with Crippen molar-refractivity contribution < 1.29 is 13.7 Å². The lowest BCUT2D eigenvalue weighted by molar-refractivity contribution is 0.00619. The van der Waals surface area contributed by atoms with E-state index < -0.39 is 16.6 Å². The Hall–Kier alpha value is -0.910. The Labute approximate surface area is 118 Å². The van der Waals surface area contributed by atoms with Gasteiger partial charge in [0, 0.05) is 12.8 Å². The molecular weight excluding hydrogens is 264 g/mol. The molecule has 1 saturated heterocycles. The van der Waals surface area contributed by atoms with Gasteiger partial charge in [-0.1, -0.05) is 0 Å². The number of hydrogen-bond acceptors (Lipinski definition) is 3. The van der Waals surface area contributed by atoms with Crippen LogP contribution < -0.4 is 0 Å². The fourth-order valence-corrected chi connectivity index (χ4v) is 1.96. The molecule has 0 saturated carbocycles. The molecule has 0 aromatic carbocycles. The van der Waals surface area contributed by atoms with Gasteiger partial charge in [0.05, 0.1) is 10.8 Å². The molecule has 6 heteroatoms. The maximum absolute atomic E-state index is 11.9. The smallest absolute Gasteiger partial charge is 0.410 e. The number of carbonyl (C=O) groups is 1. The van der Waals surface area contributed by atoms with Crippen LogP contribution in [0, 0.1) is 0 Å². The zero-order valence-corrected chi connectivity index (χ0v) is 13.4. The molecule has 19 heavy (non-hydrogen) atoms. The molecule has 0 aliphatic carbocycles. The average Bonchev–Trinajstić information content (AvgIpc) is 2.10. The summed E-state index contributed by atoms with van der Waals surface area (Å²) in [6, 6.07) is -0.0962. The average molecular weight is 288 g/mol. The minimum Gasteiger partial charge on any atom is -0.444 e. The van der Waals surface area contributed by atoms with E-state index in [-0.39, 0.29) is 16.9 Å². The summed E-state index contributed by atoms with van der Waals surface area (Å²) in [5.74, 6) is 0. The van der Waals surface area contributed by atoms with Crippen LogP contribution in [-0.4, -0.2) is 44.4 Å². The second-order valence-corrected chi connectivity index (χ2v) is 8.58. The van der Waals surface area contributed by atoms with Gasteiger partial charge in [0.2, 0.25) is 0 Å². The van der Waals surface area contributed by atoms with Crippen LogP contribution in [0.5, 0.6) is 0 Å². The van der Waals surface area contributed by atoms with Gasteiger partial charge in [0.25, 0.3) is 0 Å². The third kappa shape index (κ3) is 4.93. The van der Waals surface area contributed by atoms with Gasteiger partial charge in [-0.25, -0.2) is 9.00 Å². The van der Waals surface area contributed by atoms with Crippen molar-refractivity contribution in [2.75, 3.05) is 6.54 Å². The van der Waals surface area contributed by atoms with Gasteiger partial charge in [0.1, 0.15) is 16.6 Å². The quantitative estimate of drug-likeness (QED) is 0.734. The SMILES string of the molecule is CC(C)(C)OC(=O)N1CC[C@H]1/C=N/S(=O)C(C)(C)C. The van der Waals surface area contributed by atoms with Crippen molar-refractivity contribution in [3.8, 4) is 0 Å². The highest BCUT2D eigenvalue weighted by Crippen LogP contribution is 2.21. The van der Waals surface area contributed by atoms with Gasteiger partial charge in [-0.05, 0) is 48.0 Å². The first-order chi connectivity index (χ1) is 8.50. The molecule has 0 aromatic heterocycles. The molecule has 5 nitrogen and oxygen atoms in total. The minimum atomic E-state index is -1.28. The van der Waals surface area contributed by atoms with Crippen molar-refractivity contribution in [3.05, 3.63) is 0 Å². The summed E-state index contributed by atoms with van der Waals surface area (Å²) < 4.78 is 20.8. The normalized spacial score (nSPS) is 22.2. The van der Waals surface area contributed by atoms with E-state index in [9.17, 15) is 9.00 Å². The maximum Gasteiger partial charge on any atom is 0.410 e. The Morgan fingerprint density at radius 1 is 1.32 bits per heavy atom. The zero-order valence-electron chi connectivity index (χ0n) is 12.6. The highest BCUT2D eigenvalue weighted by molar-refractivity contribution is 7.85. The summed E-state index contributed by atoms with van der Waals surface area (Å²) in [4.78, 5) is 13.5. The fourth-order valence-electron chi connectivity index (χ4n) is 1.39. The van der Waals surface area contributed by atoms with Crippen LogP contribution in [0.15, 0.2) is 4.40 Å². The van der Waals surface area contributed by atoms with Crippen molar-refractivity contribution in [2.24, 2.45) is 4.40 Å². The summed E-state index contributed by atoms with van der Waals surface area (Å²) >= 11 is 0. The molecule has 1 heterocycles. The highest BCUT2D eigenvalue weighted by Gasteiger charge is 2.34. The van der Waals surface area contributed by atoms with Crippen molar-refractivity contribution in [3.63, 3.8) is 0 Å². The molecule has 1 unspecified atom stereocenters. The van der Waals surface area contributed by atoms with Crippen LogP contribution in [-0.2, 0) is 15.7 Å². The Morgan fingerprint density at radius 3 is 2.26 bits per heavy atom. The van der Waals surface area contributed by atoms with Gasteiger partial charge in [-0.2, -0.15) is 4.40 Å². The van der Waals surface area contributed by atoms with E-state index in [1.165, 1.54) is 0 Å². The molecule has 0 spiro atoms. The Kier molecular flexibility index (Phi) is 4.76. The van der Waals surface area contributed by atoms with Crippen LogP contribution >= 0.6 is 0 Å². The molecule has 1 rings (SSSR count). The van der Waals surface area contributed by atoms with E-state index in [1.54, 1.807) is 11.1 Å². The molecule has 0 N–H and O–H groups in total. The number of rotatable bonds is 2. The van der Waals surface area contributed by atoms with Crippen LogP contribution in [0.3, 0.4) is 0 Å². The Bertz CT molecular complexity index is 394. The van der Waals surface area contributed by atoms with Crippen molar-refractivity contribution in [1.29, 1.82) is 0 Å². The molecular formula is C13H24N2O3S. The highest BCUT2D eigenvalue weighted by atomic mass is 32.2. The van der Waals surface area contributed by atoms with Gasteiger partial charge in [-0.15, -0.1) is 0 Å². The molecule has 110 valence electrons. The molecule has 0 bridgehead atoms. The summed E-state index contributed by atoms with van der Waals surface area (Å²) in [7, 11) is -1.28. The Balaban J connectivity index is 2.56. The van der Waals surface area contributed by atoms with Crippen LogP contribution in [0.2, 0.25) is 0 Å². The van der Waals surface area contributed by atoms with Crippen molar-refractivity contribution >= 4 is 23.3 Å². The number of carbonyl (C=O) groups excluding carboxylic acids is 1. The van der Waals surface area contributed by atoms with E-state index >= 15 is 0 Å². The van der Waals surface area contributed by atoms with Crippen LogP contribution in [0.4, 0.5) is 4.79 Å². The van der Waals surface area contributed by atoms with Crippen molar-refractivity contribution in [1.82, 2.24) is 4.90 Å². The summed E-state index contributed by atoms with van der Waals surface area (Å²) in [5, 5.41) is 0. The van der Waals surface area contributed by atoms with E-state index in [0.29, 0.717) is 6.54 Å². The number of likely N-dealkylation sites (tertiary alicyclic amines) is 1. The third-order valence-corrected chi connectivity index (χ3v) is 3.91. The third-order valence-electron chi connectivity index (χ3n) is 2.55. The molecule has 1 fully saturated rings. The van der Waals surface area contributed by atoms with E-state index in [2.05, 4.69) is 4.40 Å². The first kappa shape index (κ1) is 16.1. The lowest BCUT2D eigenvalue weighted by Crippen LogP contribution is -2.53. The van der Waals surface area contributed by atoms with Gasteiger partial charge >= 0.3 is 6.09 Å². The number of ether oxygens (including phenoxy) is 1. The van der Waals surface area contributed by atoms with Gasteiger partial charge in [-0.3, -0.25) is 0 Å². The topological polar surface area (TPSA) is 59.0 Å². The maximum atomic E-state index is 11.9. The number of amides is 1. The second-order valence-electron chi connectivity index (χ2n) is 6.65. The fraction of sp³-hybridized carbons (Fsp3) is 0.846. The summed E-state index contributed by atoms with van der Waals surface area (Å²) in [6.07, 6.45) is 2.11. The molecule has 2 atom stereocenters. The van der Waals surface area contributed by atoms with E-state index in [1.807, 2.05) is 41.5 Å². The first-order valence-electron chi connectivity index (χ1n) is 6.46. The predicted molar refractivity (Wildman–Crippen MR) is 77.7 cm³/mol. The van der Waals surface area contributed by atoms with Gasteiger partial charge < -0.3 is 9.64 Å². The first-order valence-corrected chi connectivity index (χ1v) is 7.57. The molecule has 1 amide bonds. The summed E-state index contributed by atoms with van der Waals surface area (Å²) in [5.41, 5.74) is -0.497. The number of hydrogen-bond donors (Lipinski definition) is 0. The largest absolute Gasteiger partial charge is 0.444 e. The molecule has 0 radical (unpaired) electrons. The van der Waals surface area contributed by atoms with Crippen LogP contribution in [0.25, 0.3) is 0 Å². The lowest BCUT2D eigenvalue weighted by atomic mass is 10.1. The van der Waals surface area contributed by atoms with Crippen molar-refractivity contribution in [2.45, 2.75) is 64.4 Å². The molecule has 0 aromatic rings. The lowest BCUT2D eigenvalue weighted by Gasteiger charge is -2.39. The Morgan fingerprint density at radius 2 is 1.89 bits per heavy atom. The minimum absolute atomic E-state index is 0.0962. The molecule has 1 aliphatic heterocycles. The van der Waals surface area contributed by atoms with E-state index in [0.717, 1.165) is 6.42 Å². The molecule has 1 aliphatic rings. The predicted octanol–water partition coefficient (Wildman–Crippen LogP) is 2.53. The second kappa shape index (κ2) is 5.61. The zero-order chi connectivity index (χ0) is 14.8.